The van der Waals surface area contributed by atoms with Gasteiger partial charge in [0.15, 0.2) is 0 Å². The maximum Gasteiger partial charge on any atom is 0.427 e. The van der Waals surface area contributed by atoms with Crippen LogP contribution in [-0.4, -0.2) is 30.6 Å². The van der Waals surface area contributed by atoms with E-state index >= 15 is 0 Å². The van der Waals surface area contributed by atoms with Crippen LogP contribution in [0.15, 0.2) is 23.3 Å². The fourth-order valence-corrected chi connectivity index (χ4v) is 1.26. The number of rotatable bonds is 6. The Kier molecular flexibility index (Phi) is 6.21. The predicted octanol–water partition coefficient (Wildman–Crippen LogP) is 2.26. The highest BCUT2D eigenvalue weighted by Crippen LogP contribution is 2.22. The maximum absolute atomic E-state index is 11.0. The Balaban J connectivity index is 2.59. The lowest BCUT2D eigenvalue weighted by Crippen LogP contribution is -2.18. The first-order valence-electron chi connectivity index (χ1n) is 6.09. The molecule has 0 fully saturated rings. The SMILES string of the molecule is CCCOc1ccc(C=NNC(=O)OCC)c(O)c1. The summed E-state index contributed by atoms with van der Waals surface area (Å²) in [5, 5.41) is 13.4. The van der Waals surface area contributed by atoms with Gasteiger partial charge in [-0.1, -0.05) is 6.92 Å². The first kappa shape index (κ1) is 14.8. The number of nitrogens with zero attached hydrogens (tertiary/aromatic N) is 1. The number of carbonyl (C=O) groups is 1. The van der Waals surface area contributed by atoms with Gasteiger partial charge in [-0.15, -0.1) is 0 Å². The topological polar surface area (TPSA) is 80.2 Å². The number of nitrogens with one attached hydrogen (secondary N) is 1. The minimum Gasteiger partial charge on any atom is -0.507 e. The molecule has 0 unspecified atom stereocenters. The standard InChI is InChI=1S/C13H18N2O4/c1-3-7-19-11-6-5-10(12(16)8-11)9-14-15-13(17)18-4-2/h5-6,8-9,16H,3-4,7H2,1-2H3,(H,15,17). The Morgan fingerprint density at radius 1 is 1.47 bits per heavy atom. The van der Waals surface area contributed by atoms with Crippen LogP contribution in [0.2, 0.25) is 0 Å². The van der Waals surface area contributed by atoms with Crippen molar-refractivity contribution >= 4 is 12.3 Å². The molecule has 0 aliphatic heterocycles. The molecule has 0 bridgehead atoms. The van der Waals surface area contributed by atoms with E-state index in [1.165, 1.54) is 12.3 Å². The van der Waals surface area contributed by atoms with Crippen LogP contribution >= 0.6 is 0 Å². The van der Waals surface area contributed by atoms with Crippen molar-refractivity contribution in [2.75, 3.05) is 13.2 Å². The van der Waals surface area contributed by atoms with Gasteiger partial charge in [-0.2, -0.15) is 5.10 Å². The summed E-state index contributed by atoms with van der Waals surface area (Å²) in [5.41, 5.74) is 2.65. The number of carbonyl (C=O) groups excluding carboxylic acids is 1. The molecule has 2 N–H and O–H groups in total. The van der Waals surface area contributed by atoms with Crippen LogP contribution < -0.4 is 10.2 Å². The smallest absolute Gasteiger partial charge is 0.427 e. The average Bonchev–Trinajstić information content (AvgIpc) is 2.39. The molecule has 104 valence electrons. The van der Waals surface area contributed by atoms with E-state index < -0.39 is 6.09 Å². The highest BCUT2D eigenvalue weighted by Gasteiger charge is 2.02. The molecule has 0 aliphatic carbocycles. The minimum atomic E-state index is -0.638. The van der Waals surface area contributed by atoms with Gasteiger partial charge in [-0.3, -0.25) is 0 Å². The van der Waals surface area contributed by atoms with Crippen LogP contribution in [0.4, 0.5) is 4.79 Å². The van der Waals surface area contributed by atoms with E-state index in [4.69, 9.17) is 4.74 Å². The predicted molar refractivity (Wildman–Crippen MR) is 71.6 cm³/mol. The van der Waals surface area contributed by atoms with Gasteiger partial charge in [0.2, 0.25) is 0 Å². The van der Waals surface area contributed by atoms with E-state index in [0.717, 1.165) is 6.42 Å². The number of ether oxygens (including phenoxy) is 2. The molecule has 0 saturated heterocycles. The number of hydrogen-bond acceptors (Lipinski definition) is 5. The minimum absolute atomic E-state index is 0.0306. The zero-order valence-corrected chi connectivity index (χ0v) is 11.0. The van der Waals surface area contributed by atoms with Crippen LogP contribution in [0.1, 0.15) is 25.8 Å². The van der Waals surface area contributed by atoms with E-state index in [9.17, 15) is 9.90 Å². The number of phenolic OH excluding ortho intramolecular Hbond substituents is 1. The summed E-state index contributed by atoms with van der Waals surface area (Å²) in [5.74, 6) is 0.623. The van der Waals surface area contributed by atoms with Gasteiger partial charge >= 0.3 is 6.09 Å². The second kappa shape index (κ2) is 7.97. The highest BCUT2D eigenvalue weighted by molar-refractivity contribution is 5.84. The summed E-state index contributed by atoms with van der Waals surface area (Å²) in [6, 6.07) is 4.87. The number of phenols is 1. The molecule has 0 heterocycles. The quantitative estimate of drug-likeness (QED) is 0.611. The Bertz CT molecular complexity index is 446. The number of amides is 1. The summed E-state index contributed by atoms with van der Waals surface area (Å²) in [4.78, 5) is 11.0. The molecule has 6 nitrogen and oxygen atoms in total. The highest BCUT2D eigenvalue weighted by atomic mass is 16.5. The van der Waals surface area contributed by atoms with Gasteiger partial charge in [-0.05, 0) is 25.5 Å². The average molecular weight is 266 g/mol. The van der Waals surface area contributed by atoms with Gasteiger partial charge in [0.1, 0.15) is 11.5 Å². The number of aromatic hydroxyl groups is 1. The van der Waals surface area contributed by atoms with E-state index in [-0.39, 0.29) is 12.4 Å². The molecule has 19 heavy (non-hydrogen) atoms. The molecule has 0 radical (unpaired) electrons. The molecule has 1 rings (SSSR count). The van der Waals surface area contributed by atoms with Gasteiger partial charge in [0, 0.05) is 11.6 Å². The Hall–Kier alpha value is -2.24. The molecule has 1 aromatic rings. The first-order valence-corrected chi connectivity index (χ1v) is 6.09. The second-order valence-corrected chi connectivity index (χ2v) is 3.66. The van der Waals surface area contributed by atoms with Gasteiger partial charge in [0.05, 0.1) is 19.4 Å². The van der Waals surface area contributed by atoms with Gasteiger partial charge in [-0.25, -0.2) is 10.2 Å². The lowest BCUT2D eigenvalue weighted by molar-refractivity contribution is 0.152. The van der Waals surface area contributed by atoms with E-state index in [1.54, 1.807) is 19.1 Å². The fraction of sp³-hybridized carbons (Fsp3) is 0.385. The summed E-state index contributed by atoms with van der Waals surface area (Å²) < 4.78 is 10.00. The number of hydrazone groups is 1. The van der Waals surface area contributed by atoms with Gasteiger partial charge in [0.25, 0.3) is 0 Å². The zero-order chi connectivity index (χ0) is 14.1. The van der Waals surface area contributed by atoms with Crippen molar-refractivity contribution in [1.82, 2.24) is 5.43 Å². The third kappa shape index (κ3) is 5.29. The van der Waals surface area contributed by atoms with E-state index in [0.29, 0.717) is 17.9 Å². The van der Waals surface area contributed by atoms with E-state index in [1.807, 2.05) is 6.92 Å². The van der Waals surface area contributed by atoms with Crippen LogP contribution in [0.5, 0.6) is 11.5 Å². The van der Waals surface area contributed by atoms with Crippen LogP contribution in [0.3, 0.4) is 0 Å². The van der Waals surface area contributed by atoms with Crippen molar-refractivity contribution < 1.29 is 19.4 Å². The molecule has 0 saturated carbocycles. The molecule has 1 amide bonds. The molecular formula is C13H18N2O4. The van der Waals surface area contributed by atoms with Crippen molar-refractivity contribution in [3.05, 3.63) is 23.8 Å². The summed E-state index contributed by atoms with van der Waals surface area (Å²) in [6.45, 7) is 4.57. The normalized spacial score (nSPS) is 10.4. The molecule has 0 aromatic heterocycles. The summed E-state index contributed by atoms with van der Waals surface area (Å²) in [7, 11) is 0. The number of hydrogen-bond donors (Lipinski definition) is 2. The molecule has 0 atom stereocenters. The molecule has 0 spiro atoms. The van der Waals surface area contributed by atoms with Crippen molar-refractivity contribution in [1.29, 1.82) is 0 Å². The fourth-order valence-electron chi connectivity index (χ4n) is 1.26. The van der Waals surface area contributed by atoms with Crippen molar-refractivity contribution in [3.8, 4) is 11.5 Å². The first-order chi connectivity index (χ1) is 9.17. The molecule has 1 aromatic carbocycles. The largest absolute Gasteiger partial charge is 0.507 e. The van der Waals surface area contributed by atoms with Gasteiger partial charge < -0.3 is 14.6 Å². The third-order valence-electron chi connectivity index (χ3n) is 2.11. The van der Waals surface area contributed by atoms with E-state index in [2.05, 4.69) is 15.3 Å². The molecule has 6 heteroatoms. The van der Waals surface area contributed by atoms with Crippen molar-refractivity contribution in [2.24, 2.45) is 5.10 Å². The van der Waals surface area contributed by atoms with Crippen LogP contribution in [0.25, 0.3) is 0 Å². The van der Waals surface area contributed by atoms with Crippen molar-refractivity contribution in [2.45, 2.75) is 20.3 Å². The summed E-state index contributed by atoms with van der Waals surface area (Å²) in [6.07, 6.45) is 1.59. The second-order valence-electron chi connectivity index (χ2n) is 3.66. The maximum atomic E-state index is 11.0. The Labute approximate surface area is 112 Å². The summed E-state index contributed by atoms with van der Waals surface area (Å²) >= 11 is 0. The monoisotopic (exact) mass is 266 g/mol. The third-order valence-corrected chi connectivity index (χ3v) is 2.11. The van der Waals surface area contributed by atoms with Crippen LogP contribution in [-0.2, 0) is 4.74 Å². The zero-order valence-electron chi connectivity index (χ0n) is 11.0. The Morgan fingerprint density at radius 3 is 2.89 bits per heavy atom. The number of benzene rings is 1. The van der Waals surface area contributed by atoms with Crippen LogP contribution in [0, 0.1) is 0 Å². The lowest BCUT2D eigenvalue weighted by atomic mass is 10.2. The lowest BCUT2D eigenvalue weighted by Gasteiger charge is -2.06. The Morgan fingerprint density at radius 2 is 2.26 bits per heavy atom. The molecule has 0 aliphatic rings. The molecular weight excluding hydrogens is 248 g/mol. The van der Waals surface area contributed by atoms with Crippen molar-refractivity contribution in [3.63, 3.8) is 0 Å².